The van der Waals surface area contributed by atoms with Crippen molar-refractivity contribution < 1.29 is 19.1 Å². The molecule has 1 atom stereocenters. The molecule has 2 aromatic carbocycles. The number of nitrogens with one attached hydrogen (secondary N) is 1. The fraction of sp³-hybridized carbons (Fsp3) is 0.370. The molecule has 1 N–H and O–H groups in total. The van der Waals surface area contributed by atoms with Crippen molar-refractivity contribution in [3.05, 3.63) is 54.1 Å². The summed E-state index contributed by atoms with van der Waals surface area (Å²) in [5.41, 5.74) is 2.87. The Balaban J connectivity index is 1.69. The smallest absolute Gasteiger partial charge is 0.254 e. The van der Waals surface area contributed by atoms with Gasteiger partial charge in [-0.2, -0.15) is 0 Å². The molecule has 1 aromatic heterocycles. The molecular formula is C27H31N3O4. The second kappa shape index (κ2) is 10.1. The van der Waals surface area contributed by atoms with Gasteiger partial charge in [0.05, 0.1) is 31.0 Å². The van der Waals surface area contributed by atoms with Gasteiger partial charge in [0.2, 0.25) is 5.91 Å². The Kier molecular flexibility index (Phi) is 7.01. The number of fused-ring (bicyclic) bond motifs is 1. The zero-order valence-corrected chi connectivity index (χ0v) is 20.1. The van der Waals surface area contributed by atoms with E-state index in [1.54, 1.807) is 14.2 Å². The second-order valence-electron chi connectivity index (χ2n) is 8.90. The number of amides is 2. The maximum Gasteiger partial charge on any atom is 0.254 e. The summed E-state index contributed by atoms with van der Waals surface area (Å²) in [7, 11) is 3.19. The standard InChI is InChI=1S/C27H31N3O4/c1-17(2)26(31)28-19-8-7-13-30(16-19)27(32)21-15-23(29-22-10-6-5-9-20(21)22)18-11-12-24(33-3)25(14-18)34-4/h5-6,9-12,14-15,17,19H,7-8,13,16H2,1-4H3,(H,28,31). The summed E-state index contributed by atoms with van der Waals surface area (Å²) in [6, 6.07) is 15.1. The zero-order chi connectivity index (χ0) is 24.2. The van der Waals surface area contributed by atoms with Crippen molar-refractivity contribution >= 4 is 22.7 Å². The summed E-state index contributed by atoms with van der Waals surface area (Å²) in [6.07, 6.45) is 1.72. The Morgan fingerprint density at radius 3 is 2.56 bits per heavy atom. The van der Waals surface area contributed by atoms with E-state index >= 15 is 0 Å². The molecular weight excluding hydrogens is 430 g/mol. The van der Waals surface area contributed by atoms with Crippen LogP contribution in [0.1, 0.15) is 37.0 Å². The van der Waals surface area contributed by atoms with E-state index in [1.807, 2.05) is 67.3 Å². The van der Waals surface area contributed by atoms with E-state index < -0.39 is 0 Å². The molecule has 34 heavy (non-hydrogen) atoms. The highest BCUT2D eigenvalue weighted by Gasteiger charge is 2.27. The van der Waals surface area contributed by atoms with Crippen LogP contribution in [0, 0.1) is 5.92 Å². The number of benzene rings is 2. The third-order valence-corrected chi connectivity index (χ3v) is 6.21. The van der Waals surface area contributed by atoms with Crippen LogP contribution in [0.2, 0.25) is 0 Å². The van der Waals surface area contributed by atoms with E-state index in [2.05, 4.69) is 5.32 Å². The first-order valence-electron chi connectivity index (χ1n) is 11.6. The molecule has 7 heteroatoms. The molecule has 0 aliphatic carbocycles. The number of ether oxygens (including phenoxy) is 2. The number of carbonyl (C=O) groups excluding carboxylic acids is 2. The summed E-state index contributed by atoms with van der Waals surface area (Å²) in [5.74, 6) is 1.11. The maximum absolute atomic E-state index is 13.7. The molecule has 0 spiro atoms. The average molecular weight is 462 g/mol. The Bertz CT molecular complexity index is 1210. The Morgan fingerprint density at radius 2 is 1.82 bits per heavy atom. The zero-order valence-electron chi connectivity index (χ0n) is 20.1. The summed E-state index contributed by atoms with van der Waals surface area (Å²) >= 11 is 0. The van der Waals surface area contributed by atoms with Crippen LogP contribution in [0.5, 0.6) is 11.5 Å². The number of piperidine rings is 1. The monoisotopic (exact) mass is 461 g/mol. The molecule has 1 fully saturated rings. The fourth-order valence-electron chi connectivity index (χ4n) is 4.31. The highest BCUT2D eigenvalue weighted by Crippen LogP contribution is 2.33. The van der Waals surface area contributed by atoms with Gasteiger partial charge in [0.1, 0.15) is 0 Å². The van der Waals surface area contributed by atoms with Crippen molar-refractivity contribution in [2.45, 2.75) is 32.7 Å². The summed E-state index contributed by atoms with van der Waals surface area (Å²) < 4.78 is 10.8. The number of aromatic nitrogens is 1. The van der Waals surface area contributed by atoms with Crippen LogP contribution in [0.3, 0.4) is 0 Å². The van der Waals surface area contributed by atoms with Gasteiger partial charge in [-0.05, 0) is 43.2 Å². The van der Waals surface area contributed by atoms with Crippen molar-refractivity contribution in [2.75, 3.05) is 27.3 Å². The fourth-order valence-corrected chi connectivity index (χ4v) is 4.31. The SMILES string of the molecule is COc1ccc(-c2cc(C(=O)N3CCCC(NC(=O)C(C)C)C3)c3ccccc3n2)cc1OC. The van der Waals surface area contributed by atoms with Crippen molar-refractivity contribution in [3.63, 3.8) is 0 Å². The average Bonchev–Trinajstić information content (AvgIpc) is 2.87. The lowest BCUT2D eigenvalue weighted by molar-refractivity contribution is -0.125. The van der Waals surface area contributed by atoms with Gasteiger partial charge in [0.15, 0.2) is 11.5 Å². The topological polar surface area (TPSA) is 80.8 Å². The minimum Gasteiger partial charge on any atom is -0.493 e. The predicted octanol–water partition coefficient (Wildman–Crippen LogP) is 4.30. The number of rotatable bonds is 6. The third-order valence-electron chi connectivity index (χ3n) is 6.21. The Labute approximate surface area is 200 Å². The molecule has 1 aliphatic rings. The van der Waals surface area contributed by atoms with Gasteiger partial charge in [-0.3, -0.25) is 9.59 Å². The summed E-state index contributed by atoms with van der Waals surface area (Å²) in [4.78, 5) is 32.6. The lowest BCUT2D eigenvalue weighted by atomic mass is 10.00. The minimum atomic E-state index is -0.0840. The Hall–Kier alpha value is -3.61. The molecule has 2 heterocycles. The van der Waals surface area contributed by atoms with E-state index in [4.69, 9.17) is 14.5 Å². The van der Waals surface area contributed by atoms with E-state index in [1.165, 1.54) is 0 Å². The molecule has 1 aliphatic heterocycles. The van der Waals surface area contributed by atoms with E-state index in [0.717, 1.165) is 29.3 Å². The number of nitrogens with zero attached hydrogens (tertiary/aromatic N) is 2. The summed E-state index contributed by atoms with van der Waals surface area (Å²) in [5, 5.41) is 3.89. The van der Waals surface area contributed by atoms with Crippen molar-refractivity contribution in [1.29, 1.82) is 0 Å². The normalized spacial score (nSPS) is 15.9. The molecule has 3 aromatic rings. The van der Waals surface area contributed by atoms with Crippen LogP contribution < -0.4 is 14.8 Å². The Morgan fingerprint density at radius 1 is 1.06 bits per heavy atom. The number of hydrogen-bond donors (Lipinski definition) is 1. The predicted molar refractivity (Wildman–Crippen MR) is 132 cm³/mol. The van der Waals surface area contributed by atoms with Gasteiger partial charge in [0, 0.05) is 36.0 Å². The van der Waals surface area contributed by atoms with Crippen molar-refractivity contribution in [3.8, 4) is 22.8 Å². The molecule has 178 valence electrons. The largest absolute Gasteiger partial charge is 0.493 e. The van der Waals surface area contributed by atoms with Gasteiger partial charge < -0.3 is 19.7 Å². The van der Waals surface area contributed by atoms with Gasteiger partial charge in [-0.25, -0.2) is 4.98 Å². The van der Waals surface area contributed by atoms with Crippen LogP contribution in [-0.4, -0.2) is 55.0 Å². The number of carbonyl (C=O) groups is 2. The third kappa shape index (κ3) is 4.83. The number of likely N-dealkylation sites (tertiary alicyclic amines) is 1. The summed E-state index contributed by atoms with van der Waals surface area (Å²) in [6.45, 7) is 4.91. The van der Waals surface area contributed by atoms with Gasteiger partial charge in [-0.1, -0.05) is 32.0 Å². The van der Waals surface area contributed by atoms with Crippen LogP contribution in [0.25, 0.3) is 22.2 Å². The molecule has 1 unspecified atom stereocenters. The van der Waals surface area contributed by atoms with Crippen molar-refractivity contribution in [1.82, 2.24) is 15.2 Å². The molecule has 7 nitrogen and oxygen atoms in total. The lowest BCUT2D eigenvalue weighted by Gasteiger charge is -2.34. The van der Waals surface area contributed by atoms with E-state index in [9.17, 15) is 9.59 Å². The van der Waals surface area contributed by atoms with Crippen LogP contribution in [-0.2, 0) is 4.79 Å². The first-order chi connectivity index (χ1) is 16.4. The quantitative estimate of drug-likeness (QED) is 0.592. The second-order valence-corrected chi connectivity index (χ2v) is 8.90. The van der Waals surface area contributed by atoms with Crippen LogP contribution in [0.4, 0.5) is 0 Å². The number of pyridine rings is 1. The molecule has 1 saturated heterocycles. The molecule has 0 bridgehead atoms. The molecule has 2 amide bonds. The number of para-hydroxylation sites is 1. The minimum absolute atomic E-state index is 0.0180. The van der Waals surface area contributed by atoms with Crippen LogP contribution in [0.15, 0.2) is 48.5 Å². The highest BCUT2D eigenvalue weighted by atomic mass is 16.5. The van der Waals surface area contributed by atoms with Crippen LogP contribution >= 0.6 is 0 Å². The van der Waals surface area contributed by atoms with Gasteiger partial charge in [0.25, 0.3) is 5.91 Å². The lowest BCUT2D eigenvalue weighted by Crippen LogP contribution is -2.50. The number of hydrogen-bond acceptors (Lipinski definition) is 5. The first-order valence-corrected chi connectivity index (χ1v) is 11.6. The molecule has 4 rings (SSSR count). The van der Waals surface area contributed by atoms with Gasteiger partial charge in [-0.15, -0.1) is 0 Å². The highest BCUT2D eigenvalue weighted by molar-refractivity contribution is 6.07. The number of methoxy groups -OCH3 is 2. The van der Waals surface area contributed by atoms with Crippen molar-refractivity contribution in [2.24, 2.45) is 5.92 Å². The van der Waals surface area contributed by atoms with E-state index in [0.29, 0.717) is 35.8 Å². The first kappa shape index (κ1) is 23.5. The van der Waals surface area contributed by atoms with E-state index in [-0.39, 0.29) is 23.8 Å². The maximum atomic E-state index is 13.7. The van der Waals surface area contributed by atoms with Gasteiger partial charge >= 0.3 is 0 Å². The molecule has 0 saturated carbocycles. The molecule has 0 radical (unpaired) electrons.